The van der Waals surface area contributed by atoms with Crippen molar-refractivity contribution in [2.75, 3.05) is 11.9 Å². The molecule has 1 saturated heterocycles. The van der Waals surface area contributed by atoms with Gasteiger partial charge in [0.2, 0.25) is 5.91 Å². The number of hydrogen-bond donors (Lipinski definition) is 1. The van der Waals surface area contributed by atoms with Gasteiger partial charge < -0.3 is 14.7 Å². The SMILES string of the molecule is Cc1cc(C(=O)N2CCCC[C@H]2C)ccc1NC(=O)[C@H](C)c1c(C)noc1C. The van der Waals surface area contributed by atoms with E-state index in [0.717, 1.165) is 36.2 Å². The van der Waals surface area contributed by atoms with Crippen molar-refractivity contribution in [3.05, 3.63) is 46.3 Å². The van der Waals surface area contributed by atoms with E-state index >= 15 is 0 Å². The van der Waals surface area contributed by atoms with E-state index in [2.05, 4.69) is 17.4 Å². The number of amides is 2. The third kappa shape index (κ3) is 3.96. The average Bonchev–Trinajstić information content (AvgIpc) is 3.00. The Kier molecular flexibility index (Phi) is 5.87. The zero-order chi connectivity index (χ0) is 20.4. The fraction of sp³-hybridized carbons (Fsp3) is 0.500. The number of aryl methyl sites for hydroxylation is 3. The molecule has 0 spiro atoms. The molecule has 0 unspecified atom stereocenters. The molecule has 28 heavy (non-hydrogen) atoms. The molecule has 1 N–H and O–H groups in total. The zero-order valence-corrected chi connectivity index (χ0v) is 17.3. The van der Waals surface area contributed by atoms with Crippen LogP contribution < -0.4 is 5.32 Å². The first kappa shape index (κ1) is 20.1. The standard InChI is InChI=1S/C22H29N3O3/c1-13-12-18(22(27)25-11-7-6-8-14(25)2)9-10-19(13)23-21(26)15(3)20-16(4)24-28-17(20)5/h9-10,12,14-15H,6-8,11H2,1-5H3,(H,23,26)/t14-,15-/m1/s1. The molecule has 2 heterocycles. The molecule has 1 aromatic heterocycles. The Hall–Kier alpha value is -2.63. The first-order valence-corrected chi connectivity index (χ1v) is 9.94. The largest absolute Gasteiger partial charge is 0.361 e. The molecule has 2 atom stereocenters. The van der Waals surface area contributed by atoms with Crippen LogP contribution in [0, 0.1) is 20.8 Å². The summed E-state index contributed by atoms with van der Waals surface area (Å²) >= 11 is 0. The molecule has 1 aromatic carbocycles. The van der Waals surface area contributed by atoms with Gasteiger partial charge >= 0.3 is 0 Å². The minimum absolute atomic E-state index is 0.0669. The summed E-state index contributed by atoms with van der Waals surface area (Å²) < 4.78 is 5.18. The number of rotatable bonds is 4. The van der Waals surface area contributed by atoms with Gasteiger partial charge in [0, 0.05) is 29.4 Å². The van der Waals surface area contributed by atoms with Crippen LogP contribution in [0.1, 0.15) is 72.0 Å². The first-order chi connectivity index (χ1) is 13.3. The second kappa shape index (κ2) is 8.17. The van der Waals surface area contributed by atoms with Crippen molar-refractivity contribution in [2.45, 2.75) is 65.8 Å². The van der Waals surface area contributed by atoms with Crippen molar-refractivity contribution in [1.82, 2.24) is 10.1 Å². The third-order valence-electron chi connectivity index (χ3n) is 5.71. The fourth-order valence-corrected chi connectivity index (χ4v) is 3.98. The van der Waals surface area contributed by atoms with Crippen molar-refractivity contribution in [1.29, 1.82) is 0 Å². The highest BCUT2D eigenvalue weighted by Gasteiger charge is 2.26. The number of aromatic nitrogens is 1. The lowest BCUT2D eigenvalue weighted by molar-refractivity contribution is -0.117. The Morgan fingerprint density at radius 1 is 1.25 bits per heavy atom. The van der Waals surface area contributed by atoms with Crippen LogP contribution in [0.15, 0.2) is 22.7 Å². The minimum Gasteiger partial charge on any atom is -0.361 e. The fourth-order valence-electron chi connectivity index (χ4n) is 3.98. The van der Waals surface area contributed by atoms with E-state index in [1.165, 1.54) is 6.42 Å². The number of benzene rings is 1. The maximum Gasteiger partial charge on any atom is 0.254 e. The molecule has 150 valence electrons. The number of piperidine rings is 1. The lowest BCUT2D eigenvalue weighted by Crippen LogP contribution is -2.42. The molecule has 0 bridgehead atoms. The normalized spacial score (nSPS) is 18.0. The van der Waals surface area contributed by atoms with E-state index in [9.17, 15) is 9.59 Å². The molecule has 0 saturated carbocycles. The summed E-state index contributed by atoms with van der Waals surface area (Å²) in [6.45, 7) is 10.3. The van der Waals surface area contributed by atoms with Crippen LogP contribution in [0.4, 0.5) is 5.69 Å². The highest BCUT2D eigenvalue weighted by molar-refractivity contribution is 5.98. The monoisotopic (exact) mass is 383 g/mol. The Bertz CT molecular complexity index is 868. The number of carbonyl (C=O) groups excluding carboxylic acids is 2. The lowest BCUT2D eigenvalue weighted by Gasteiger charge is -2.33. The van der Waals surface area contributed by atoms with Gasteiger partial charge in [-0.1, -0.05) is 5.16 Å². The van der Waals surface area contributed by atoms with E-state index in [1.807, 2.05) is 44.7 Å². The van der Waals surface area contributed by atoms with Crippen molar-refractivity contribution >= 4 is 17.5 Å². The summed E-state index contributed by atoms with van der Waals surface area (Å²) in [5, 5.41) is 6.90. The van der Waals surface area contributed by atoms with Crippen LogP contribution in [0.25, 0.3) is 0 Å². The molecule has 0 radical (unpaired) electrons. The second-order valence-corrected chi connectivity index (χ2v) is 7.82. The smallest absolute Gasteiger partial charge is 0.254 e. The summed E-state index contributed by atoms with van der Waals surface area (Å²) in [7, 11) is 0. The number of anilines is 1. The van der Waals surface area contributed by atoms with Crippen molar-refractivity contribution in [3.63, 3.8) is 0 Å². The highest BCUT2D eigenvalue weighted by Crippen LogP contribution is 2.26. The average molecular weight is 383 g/mol. The van der Waals surface area contributed by atoms with Gasteiger partial charge in [-0.25, -0.2) is 0 Å². The molecule has 1 fully saturated rings. The molecule has 6 heteroatoms. The zero-order valence-electron chi connectivity index (χ0n) is 17.3. The van der Waals surface area contributed by atoms with Gasteiger partial charge in [0.1, 0.15) is 5.76 Å². The van der Waals surface area contributed by atoms with Crippen LogP contribution in [0.5, 0.6) is 0 Å². The molecule has 2 aromatic rings. The number of nitrogens with zero attached hydrogens (tertiary/aromatic N) is 2. The first-order valence-electron chi connectivity index (χ1n) is 9.94. The third-order valence-corrected chi connectivity index (χ3v) is 5.71. The molecule has 6 nitrogen and oxygen atoms in total. The van der Waals surface area contributed by atoms with E-state index in [1.54, 1.807) is 6.07 Å². The maximum absolute atomic E-state index is 12.9. The van der Waals surface area contributed by atoms with Crippen LogP contribution in [0.2, 0.25) is 0 Å². The van der Waals surface area contributed by atoms with Gasteiger partial charge in [-0.3, -0.25) is 9.59 Å². The van der Waals surface area contributed by atoms with Gasteiger partial charge in [0.25, 0.3) is 5.91 Å². The summed E-state index contributed by atoms with van der Waals surface area (Å²) in [5.41, 5.74) is 3.80. The van der Waals surface area contributed by atoms with Crippen LogP contribution in [0.3, 0.4) is 0 Å². The van der Waals surface area contributed by atoms with E-state index in [-0.39, 0.29) is 23.8 Å². The molecule has 1 aliphatic rings. The van der Waals surface area contributed by atoms with Gasteiger partial charge in [-0.05, 0) is 77.6 Å². The molecule has 0 aliphatic carbocycles. The predicted octanol–water partition coefficient (Wildman–Crippen LogP) is 4.36. The summed E-state index contributed by atoms with van der Waals surface area (Å²) in [5.74, 6) is 0.230. The summed E-state index contributed by atoms with van der Waals surface area (Å²) in [6, 6.07) is 5.75. The Morgan fingerprint density at radius 2 is 2.00 bits per heavy atom. The van der Waals surface area contributed by atoms with Crippen molar-refractivity contribution in [2.24, 2.45) is 0 Å². The minimum atomic E-state index is -0.374. The second-order valence-electron chi connectivity index (χ2n) is 7.82. The number of carbonyl (C=O) groups is 2. The quantitative estimate of drug-likeness (QED) is 0.851. The van der Waals surface area contributed by atoms with Crippen molar-refractivity contribution in [3.8, 4) is 0 Å². The molecule has 3 rings (SSSR count). The van der Waals surface area contributed by atoms with Crippen LogP contribution >= 0.6 is 0 Å². The number of nitrogens with one attached hydrogen (secondary N) is 1. The van der Waals surface area contributed by atoms with Gasteiger partial charge in [0.05, 0.1) is 11.6 Å². The highest BCUT2D eigenvalue weighted by atomic mass is 16.5. The van der Waals surface area contributed by atoms with Gasteiger partial charge in [-0.15, -0.1) is 0 Å². The van der Waals surface area contributed by atoms with E-state index in [4.69, 9.17) is 4.52 Å². The van der Waals surface area contributed by atoms with Crippen LogP contribution in [-0.4, -0.2) is 34.5 Å². The van der Waals surface area contributed by atoms with Crippen molar-refractivity contribution < 1.29 is 14.1 Å². The molecular formula is C22H29N3O3. The van der Waals surface area contributed by atoms with Gasteiger partial charge in [0.15, 0.2) is 0 Å². The van der Waals surface area contributed by atoms with Crippen LogP contribution in [-0.2, 0) is 4.79 Å². The molecule has 2 amide bonds. The number of likely N-dealkylation sites (tertiary alicyclic amines) is 1. The van der Waals surface area contributed by atoms with E-state index < -0.39 is 0 Å². The maximum atomic E-state index is 12.9. The topological polar surface area (TPSA) is 75.4 Å². The Balaban J connectivity index is 1.74. The Morgan fingerprint density at radius 3 is 2.61 bits per heavy atom. The predicted molar refractivity (Wildman–Crippen MR) is 109 cm³/mol. The molecular weight excluding hydrogens is 354 g/mol. The summed E-state index contributed by atoms with van der Waals surface area (Å²) in [6.07, 6.45) is 3.29. The molecule has 1 aliphatic heterocycles. The number of hydrogen-bond acceptors (Lipinski definition) is 4. The Labute approximate surface area is 166 Å². The summed E-state index contributed by atoms with van der Waals surface area (Å²) in [4.78, 5) is 27.5. The van der Waals surface area contributed by atoms with E-state index in [0.29, 0.717) is 17.0 Å². The lowest BCUT2D eigenvalue weighted by atomic mass is 9.98. The van der Waals surface area contributed by atoms with Gasteiger partial charge in [-0.2, -0.15) is 0 Å².